The largest absolute Gasteiger partial charge is 0.503 e. The van der Waals surface area contributed by atoms with Crippen molar-refractivity contribution in [3.63, 3.8) is 0 Å². The lowest BCUT2D eigenvalue weighted by Gasteiger charge is -2.41. The second kappa shape index (κ2) is 7.70. The van der Waals surface area contributed by atoms with E-state index in [1.54, 1.807) is 6.92 Å². The molecule has 3 N–H and O–H groups in total. The summed E-state index contributed by atoms with van der Waals surface area (Å²) in [4.78, 5) is 39.9. The fraction of sp³-hybridized carbons (Fsp3) is 0.409. The maximum Gasteiger partial charge on any atom is 0.274 e. The van der Waals surface area contributed by atoms with Crippen LogP contribution in [-0.2, 0) is 6.54 Å². The van der Waals surface area contributed by atoms with E-state index < -0.39 is 51.8 Å². The van der Waals surface area contributed by atoms with Crippen molar-refractivity contribution in [1.29, 1.82) is 0 Å². The molecule has 170 valence electrons. The summed E-state index contributed by atoms with van der Waals surface area (Å²) in [6.07, 6.45) is 2.06. The molecule has 3 atom stereocenters. The number of nitrogens with zero attached hydrogens (tertiary/aromatic N) is 2. The molecule has 3 unspecified atom stereocenters. The SMILES string of the molecule is CC1CCC(C)(O)C2CN1C(=O)c1c(O)c(=O)c(C(=O)NCc3ccc(F)cc3F)cn12. The Morgan fingerprint density at radius 1 is 1.31 bits per heavy atom. The van der Waals surface area contributed by atoms with E-state index >= 15 is 0 Å². The first-order chi connectivity index (χ1) is 15.0. The standard InChI is InChI=1S/C22H23F2N3O5/c1-11-5-6-22(2,32)16-10-26(11)21(31)17-19(29)18(28)14(9-27(16)17)20(30)25-8-12-3-4-13(23)7-15(12)24/h3-4,7,9,11,16,29,32H,5-6,8,10H2,1-2H3,(H,25,30). The molecule has 4 rings (SSSR count). The van der Waals surface area contributed by atoms with E-state index in [1.807, 2.05) is 6.92 Å². The van der Waals surface area contributed by atoms with Crippen LogP contribution in [-0.4, -0.2) is 49.7 Å². The van der Waals surface area contributed by atoms with Gasteiger partial charge in [-0.15, -0.1) is 0 Å². The lowest BCUT2D eigenvalue weighted by Crippen LogP contribution is -2.51. The number of nitrogens with one attached hydrogen (secondary N) is 1. The van der Waals surface area contributed by atoms with Crippen molar-refractivity contribution in [2.75, 3.05) is 6.54 Å². The van der Waals surface area contributed by atoms with Gasteiger partial charge in [0, 0.05) is 37.0 Å². The highest BCUT2D eigenvalue weighted by Gasteiger charge is 2.46. The van der Waals surface area contributed by atoms with Gasteiger partial charge in [0.2, 0.25) is 5.43 Å². The van der Waals surface area contributed by atoms with Crippen LogP contribution in [0.1, 0.15) is 59.1 Å². The highest BCUT2D eigenvalue weighted by atomic mass is 19.1. The Kier molecular flexibility index (Phi) is 5.28. The average molecular weight is 447 g/mol. The summed E-state index contributed by atoms with van der Waals surface area (Å²) in [6.45, 7) is 3.28. The number of benzene rings is 1. The van der Waals surface area contributed by atoms with Gasteiger partial charge >= 0.3 is 0 Å². The molecule has 1 saturated heterocycles. The molecule has 0 saturated carbocycles. The summed E-state index contributed by atoms with van der Waals surface area (Å²) in [5.41, 5.74) is -3.03. The highest BCUT2D eigenvalue weighted by Crippen LogP contribution is 2.39. The van der Waals surface area contributed by atoms with Gasteiger partial charge in [-0.2, -0.15) is 0 Å². The van der Waals surface area contributed by atoms with E-state index in [-0.39, 0.29) is 30.4 Å². The van der Waals surface area contributed by atoms with Crippen LogP contribution in [0.3, 0.4) is 0 Å². The molecule has 2 bridgehead atoms. The zero-order chi connectivity index (χ0) is 23.4. The number of aromatic hydroxyl groups is 1. The minimum absolute atomic E-state index is 0.00791. The first-order valence-electron chi connectivity index (χ1n) is 10.2. The number of hydrogen-bond donors (Lipinski definition) is 3. The predicted octanol–water partition coefficient (Wildman–Crippen LogP) is 1.69. The summed E-state index contributed by atoms with van der Waals surface area (Å²) >= 11 is 0. The molecule has 32 heavy (non-hydrogen) atoms. The molecule has 1 aromatic carbocycles. The molecule has 2 aliphatic heterocycles. The molecule has 10 heteroatoms. The van der Waals surface area contributed by atoms with Crippen LogP contribution in [0.25, 0.3) is 0 Å². The monoisotopic (exact) mass is 447 g/mol. The van der Waals surface area contributed by atoms with E-state index in [0.717, 1.165) is 12.3 Å². The van der Waals surface area contributed by atoms with Crippen molar-refractivity contribution in [2.45, 2.75) is 50.9 Å². The molecular formula is C22H23F2N3O5. The number of carbonyl (C=O) groups excluding carboxylic acids is 2. The number of hydrogen-bond acceptors (Lipinski definition) is 5. The normalized spacial score (nSPS) is 24.7. The minimum atomic E-state index is -1.26. The van der Waals surface area contributed by atoms with Crippen molar-refractivity contribution in [2.24, 2.45) is 0 Å². The number of aliphatic hydroxyl groups is 1. The lowest BCUT2D eigenvalue weighted by molar-refractivity contribution is -0.00840. The number of carbonyl (C=O) groups is 2. The zero-order valence-corrected chi connectivity index (χ0v) is 17.6. The van der Waals surface area contributed by atoms with Gasteiger partial charge in [0.15, 0.2) is 11.4 Å². The van der Waals surface area contributed by atoms with E-state index in [1.165, 1.54) is 15.5 Å². The Bertz CT molecular complexity index is 1180. The Hall–Kier alpha value is -3.27. The topological polar surface area (TPSA) is 112 Å². The first kappa shape index (κ1) is 21.9. The molecule has 8 nitrogen and oxygen atoms in total. The van der Waals surface area contributed by atoms with E-state index in [2.05, 4.69) is 5.32 Å². The van der Waals surface area contributed by atoms with Crippen molar-refractivity contribution in [1.82, 2.24) is 14.8 Å². The summed E-state index contributed by atoms with van der Waals surface area (Å²) < 4.78 is 28.2. The van der Waals surface area contributed by atoms with Gasteiger partial charge in [0.05, 0.1) is 11.6 Å². The van der Waals surface area contributed by atoms with Crippen molar-refractivity contribution >= 4 is 11.8 Å². The highest BCUT2D eigenvalue weighted by molar-refractivity contribution is 5.99. The first-order valence-corrected chi connectivity index (χ1v) is 10.2. The molecule has 2 aliphatic rings. The Morgan fingerprint density at radius 2 is 2.03 bits per heavy atom. The van der Waals surface area contributed by atoms with E-state index in [9.17, 15) is 33.4 Å². The summed E-state index contributed by atoms with van der Waals surface area (Å²) in [6, 6.07) is 1.99. The smallest absolute Gasteiger partial charge is 0.274 e. The van der Waals surface area contributed by atoms with Crippen molar-refractivity contribution < 1.29 is 28.6 Å². The third kappa shape index (κ3) is 3.54. The Morgan fingerprint density at radius 3 is 2.72 bits per heavy atom. The number of aromatic nitrogens is 1. The number of rotatable bonds is 3. The van der Waals surface area contributed by atoms with Gasteiger partial charge in [0.25, 0.3) is 11.8 Å². The number of fused-ring (bicyclic) bond motifs is 4. The maximum absolute atomic E-state index is 13.8. The Balaban J connectivity index is 1.73. The van der Waals surface area contributed by atoms with E-state index in [4.69, 9.17) is 0 Å². The maximum atomic E-state index is 13.8. The molecule has 3 heterocycles. The van der Waals surface area contributed by atoms with Gasteiger partial charge in [-0.1, -0.05) is 6.07 Å². The van der Waals surface area contributed by atoms with Crippen LogP contribution >= 0.6 is 0 Å². The Labute approximate surface area is 182 Å². The van der Waals surface area contributed by atoms with Gasteiger partial charge < -0.3 is 25.0 Å². The molecule has 1 fully saturated rings. The molecule has 2 amide bonds. The predicted molar refractivity (Wildman–Crippen MR) is 109 cm³/mol. The molecule has 1 aromatic heterocycles. The zero-order valence-electron chi connectivity index (χ0n) is 17.6. The second-order valence-corrected chi connectivity index (χ2v) is 8.61. The number of pyridine rings is 1. The summed E-state index contributed by atoms with van der Waals surface area (Å²) in [7, 11) is 0. The van der Waals surface area contributed by atoms with Crippen LogP contribution in [0.4, 0.5) is 8.78 Å². The third-order valence-corrected chi connectivity index (χ3v) is 6.40. The van der Waals surface area contributed by atoms with Crippen molar-refractivity contribution in [3.05, 3.63) is 63.1 Å². The minimum Gasteiger partial charge on any atom is -0.503 e. The number of halogens is 2. The van der Waals surface area contributed by atoms with Crippen LogP contribution in [0, 0.1) is 11.6 Å². The van der Waals surface area contributed by atoms with Gasteiger partial charge in [0.1, 0.15) is 17.2 Å². The van der Waals surface area contributed by atoms with Gasteiger partial charge in [-0.05, 0) is 32.8 Å². The van der Waals surface area contributed by atoms with Crippen LogP contribution in [0.5, 0.6) is 5.75 Å². The van der Waals surface area contributed by atoms with E-state index in [0.29, 0.717) is 18.9 Å². The van der Waals surface area contributed by atoms with Crippen molar-refractivity contribution in [3.8, 4) is 5.75 Å². The fourth-order valence-corrected chi connectivity index (χ4v) is 4.37. The molecular weight excluding hydrogens is 424 g/mol. The number of amides is 2. The van der Waals surface area contributed by atoms with Crippen LogP contribution < -0.4 is 10.7 Å². The third-order valence-electron chi connectivity index (χ3n) is 6.40. The molecule has 2 aromatic rings. The van der Waals surface area contributed by atoms with Crippen LogP contribution in [0.2, 0.25) is 0 Å². The summed E-state index contributed by atoms with van der Waals surface area (Å²) in [5.74, 6) is -3.96. The lowest BCUT2D eigenvalue weighted by atomic mass is 9.90. The van der Waals surface area contributed by atoms with Gasteiger partial charge in [-0.25, -0.2) is 8.78 Å². The fourth-order valence-electron chi connectivity index (χ4n) is 4.37. The molecule has 0 radical (unpaired) electrons. The molecule has 0 spiro atoms. The second-order valence-electron chi connectivity index (χ2n) is 8.61. The summed E-state index contributed by atoms with van der Waals surface area (Å²) in [5, 5.41) is 24.0. The van der Waals surface area contributed by atoms with Crippen LogP contribution in [0.15, 0.2) is 29.2 Å². The average Bonchev–Trinajstić information content (AvgIpc) is 2.83. The quantitative estimate of drug-likeness (QED) is 0.663. The molecule has 0 aliphatic carbocycles. The van der Waals surface area contributed by atoms with Gasteiger partial charge in [-0.3, -0.25) is 14.4 Å².